The number of rotatable bonds is 2. The van der Waals surface area contributed by atoms with Gasteiger partial charge in [0.1, 0.15) is 5.69 Å². The standard InChI is InChI=1S/C15H16BrN3O2S/c1-10-2-3-13(22-10)15(21)19-6-4-18(5-7-19)14(20)12-8-11(16)9-17-12/h2-3,8-9,17H,4-7H2,1H3. The maximum absolute atomic E-state index is 12.4. The SMILES string of the molecule is Cc1ccc(C(=O)N2CCN(C(=O)c3cc(Br)c[nH]3)CC2)s1. The Bertz CT molecular complexity index is 641. The zero-order valence-corrected chi connectivity index (χ0v) is 14.5. The quantitative estimate of drug-likeness (QED) is 0.869. The van der Waals surface area contributed by atoms with Crippen LogP contribution in [0.25, 0.3) is 0 Å². The zero-order chi connectivity index (χ0) is 15.7. The second kappa shape index (κ2) is 6.26. The van der Waals surface area contributed by atoms with Gasteiger partial charge >= 0.3 is 0 Å². The van der Waals surface area contributed by atoms with Crippen molar-refractivity contribution in [3.05, 3.63) is 44.3 Å². The maximum Gasteiger partial charge on any atom is 0.270 e. The van der Waals surface area contributed by atoms with Crippen molar-refractivity contribution < 1.29 is 9.59 Å². The van der Waals surface area contributed by atoms with Gasteiger partial charge in [0.25, 0.3) is 11.8 Å². The summed E-state index contributed by atoms with van der Waals surface area (Å²) in [4.78, 5) is 33.2. The number of H-pyrrole nitrogens is 1. The third-order valence-corrected chi connectivity index (χ3v) is 5.13. The number of halogens is 1. The van der Waals surface area contributed by atoms with Crippen molar-refractivity contribution >= 4 is 39.1 Å². The molecule has 0 spiro atoms. The molecule has 1 aliphatic heterocycles. The van der Waals surface area contributed by atoms with Crippen LogP contribution in [0.4, 0.5) is 0 Å². The van der Waals surface area contributed by atoms with Gasteiger partial charge in [0.2, 0.25) is 0 Å². The van der Waals surface area contributed by atoms with E-state index in [1.54, 1.807) is 17.2 Å². The van der Waals surface area contributed by atoms with Gasteiger partial charge in [-0.15, -0.1) is 11.3 Å². The number of hydrogen-bond acceptors (Lipinski definition) is 3. The van der Waals surface area contributed by atoms with Crippen molar-refractivity contribution in [2.75, 3.05) is 26.2 Å². The molecule has 1 fully saturated rings. The maximum atomic E-state index is 12.4. The van der Waals surface area contributed by atoms with Crippen LogP contribution in [0.5, 0.6) is 0 Å². The highest BCUT2D eigenvalue weighted by Gasteiger charge is 2.26. The van der Waals surface area contributed by atoms with E-state index in [0.29, 0.717) is 31.9 Å². The van der Waals surface area contributed by atoms with Crippen LogP contribution < -0.4 is 0 Å². The molecule has 0 atom stereocenters. The lowest BCUT2D eigenvalue weighted by Crippen LogP contribution is -2.50. The lowest BCUT2D eigenvalue weighted by atomic mass is 10.2. The van der Waals surface area contributed by atoms with E-state index in [1.807, 2.05) is 24.0 Å². The molecular formula is C15H16BrN3O2S. The van der Waals surface area contributed by atoms with Gasteiger partial charge in [-0.3, -0.25) is 9.59 Å². The second-order valence-electron chi connectivity index (χ2n) is 5.23. The smallest absolute Gasteiger partial charge is 0.270 e. The Kier molecular flexibility index (Phi) is 4.35. The third-order valence-electron chi connectivity index (χ3n) is 3.68. The first-order valence-electron chi connectivity index (χ1n) is 7.03. The average molecular weight is 382 g/mol. The Hall–Kier alpha value is -1.60. The number of carbonyl (C=O) groups excluding carboxylic acids is 2. The van der Waals surface area contributed by atoms with Gasteiger partial charge in [-0.05, 0) is 41.1 Å². The minimum atomic E-state index is -0.0234. The molecule has 0 aromatic carbocycles. The first-order valence-corrected chi connectivity index (χ1v) is 8.64. The molecule has 116 valence electrons. The van der Waals surface area contributed by atoms with Crippen LogP contribution in [-0.2, 0) is 0 Å². The molecule has 0 saturated carbocycles. The number of nitrogens with zero attached hydrogens (tertiary/aromatic N) is 2. The number of amides is 2. The molecule has 2 amide bonds. The number of aromatic amines is 1. The normalized spacial score (nSPS) is 15.2. The van der Waals surface area contributed by atoms with Crippen LogP contribution in [0.3, 0.4) is 0 Å². The van der Waals surface area contributed by atoms with E-state index >= 15 is 0 Å². The van der Waals surface area contributed by atoms with E-state index in [9.17, 15) is 9.59 Å². The second-order valence-corrected chi connectivity index (χ2v) is 7.43. The zero-order valence-electron chi connectivity index (χ0n) is 12.1. The molecule has 1 saturated heterocycles. The van der Waals surface area contributed by atoms with Crippen LogP contribution in [0.1, 0.15) is 25.0 Å². The van der Waals surface area contributed by atoms with E-state index in [2.05, 4.69) is 20.9 Å². The largest absolute Gasteiger partial charge is 0.356 e. The summed E-state index contributed by atoms with van der Waals surface area (Å²) in [6, 6.07) is 5.60. The van der Waals surface area contributed by atoms with Crippen LogP contribution >= 0.6 is 27.3 Å². The fourth-order valence-corrected chi connectivity index (χ4v) is 3.66. The molecule has 3 rings (SSSR count). The van der Waals surface area contributed by atoms with Gasteiger partial charge in [-0.1, -0.05) is 0 Å². The summed E-state index contributed by atoms with van der Waals surface area (Å²) in [6.07, 6.45) is 1.74. The topological polar surface area (TPSA) is 56.4 Å². The van der Waals surface area contributed by atoms with Gasteiger partial charge in [0.05, 0.1) is 4.88 Å². The van der Waals surface area contributed by atoms with Crippen molar-refractivity contribution in [1.29, 1.82) is 0 Å². The highest BCUT2D eigenvalue weighted by Crippen LogP contribution is 2.19. The molecule has 0 radical (unpaired) electrons. The Labute approximate surface area is 141 Å². The average Bonchev–Trinajstić information content (AvgIpc) is 3.14. The minimum Gasteiger partial charge on any atom is -0.356 e. The van der Waals surface area contributed by atoms with Crippen molar-refractivity contribution in [3.63, 3.8) is 0 Å². The third kappa shape index (κ3) is 3.10. The van der Waals surface area contributed by atoms with Crippen molar-refractivity contribution in [3.8, 4) is 0 Å². The summed E-state index contributed by atoms with van der Waals surface area (Å²) >= 11 is 4.84. The molecule has 1 N–H and O–H groups in total. The molecule has 5 nitrogen and oxygen atoms in total. The number of piperazine rings is 1. The monoisotopic (exact) mass is 381 g/mol. The summed E-state index contributed by atoms with van der Waals surface area (Å²) in [5.41, 5.74) is 0.570. The summed E-state index contributed by atoms with van der Waals surface area (Å²) in [5.74, 6) is 0.0394. The van der Waals surface area contributed by atoms with Gasteiger partial charge in [0, 0.05) is 41.7 Å². The number of aromatic nitrogens is 1. The first-order chi connectivity index (χ1) is 10.5. The Morgan fingerprint density at radius 3 is 2.27 bits per heavy atom. The Morgan fingerprint density at radius 2 is 1.77 bits per heavy atom. The van der Waals surface area contributed by atoms with Crippen LogP contribution in [-0.4, -0.2) is 52.8 Å². The molecule has 2 aromatic rings. The van der Waals surface area contributed by atoms with E-state index in [1.165, 1.54) is 11.3 Å². The van der Waals surface area contributed by atoms with E-state index in [-0.39, 0.29) is 11.8 Å². The molecule has 7 heteroatoms. The molecule has 1 aliphatic rings. The van der Waals surface area contributed by atoms with Crippen LogP contribution in [0.15, 0.2) is 28.9 Å². The van der Waals surface area contributed by atoms with Crippen molar-refractivity contribution in [1.82, 2.24) is 14.8 Å². The predicted octanol–water partition coefficient (Wildman–Crippen LogP) is 2.75. The lowest BCUT2D eigenvalue weighted by molar-refractivity contribution is 0.0535. The highest BCUT2D eigenvalue weighted by molar-refractivity contribution is 9.10. The van der Waals surface area contributed by atoms with Crippen molar-refractivity contribution in [2.24, 2.45) is 0 Å². The summed E-state index contributed by atoms with van der Waals surface area (Å²) < 4.78 is 0.859. The predicted molar refractivity (Wildman–Crippen MR) is 89.4 cm³/mol. The van der Waals surface area contributed by atoms with E-state index in [4.69, 9.17) is 0 Å². The number of thiophene rings is 1. The van der Waals surface area contributed by atoms with Crippen LogP contribution in [0.2, 0.25) is 0 Å². The number of aryl methyl sites for hydroxylation is 1. The molecule has 0 aliphatic carbocycles. The molecule has 2 aromatic heterocycles. The fraction of sp³-hybridized carbons (Fsp3) is 0.333. The van der Waals surface area contributed by atoms with Gasteiger partial charge in [-0.25, -0.2) is 0 Å². The summed E-state index contributed by atoms with van der Waals surface area (Å²) in [6.45, 7) is 4.26. The van der Waals surface area contributed by atoms with Gasteiger partial charge < -0.3 is 14.8 Å². The number of carbonyl (C=O) groups is 2. The highest BCUT2D eigenvalue weighted by atomic mass is 79.9. The number of hydrogen-bond donors (Lipinski definition) is 1. The van der Waals surface area contributed by atoms with Crippen LogP contribution in [0, 0.1) is 6.92 Å². The molecule has 0 bridgehead atoms. The van der Waals surface area contributed by atoms with E-state index in [0.717, 1.165) is 14.2 Å². The first kappa shape index (κ1) is 15.3. The Morgan fingerprint density at radius 1 is 1.14 bits per heavy atom. The van der Waals surface area contributed by atoms with Crippen molar-refractivity contribution in [2.45, 2.75) is 6.92 Å². The fourth-order valence-electron chi connectivity index (χ4n) is 2.48. The lowest BCUT2D eigenvalue weighted by Gasteiger charge is -2.34. The van der Waals surface area contributed by atoms with Gasteiger partial charge in [-0.2, -0.15) is 0 Å². The van der Waals surface area contributed by atoms with Gasteiger partial charge in [0.15, 0.2) is 0 Å². The molecule has 0 unspecified atom stereocenters. The Balaban J connectivity index is 1.60. The minimum absolute atomic E-state index is 0.0234. The summed E-state index contributed by atoms with van der Waals surface area (Å²) in [7, 11) is 0. The molecular weight excluding hydrogens is 366 g/mol. The molecule has 22 heavy (non-hydrogen) atoms. The summed E-state index contributed by atoms with van der Waals surface area (Å²) in [5, 5.41) is 0. The number of nitrogens with one attached hydrogen (secondary N) is 1. The molecule has 3 heterocycles. The van der Waals surface area contributed by atoms with E-state index < -0.39 is 0 Å².